The first-order chi connectivity index (χ1) is 21.0. The summed E-state index contributed by atoms with van der Waals surface area (Å²) < 4.78 is 28.1. The van der Waals surface area contributed by atoms with Crippen LogP contribution >= 0.6 is 0 Å². The van der Waals surface area contributed by atoms with Crippen LogP contribution in [0.5, 0.6) is 28.7 Å². The molecular formula is C31H44N4O8. The van der Waals surface area contributed by atoms with Gasteiger partial charge in [-0.25, -0.2) is 0 Å². The third kappa shape index (κ3) is 6.78. The van der Waals surface area contributed by atoms with Crippen molar-refractivity contribution >= 4 is 5.91 Å². The molecule has 5 atom stereocenters. The van der Waals surface area contributed by atoms with Gasteiger partial charge in [0.1, 0.15) is 0 Å². The Labute approximate surface area is 252 Å². The van der Waals surface area contributed by atoms with Crippen LogP contribution in [-0.2, 0) is 9.53 Å². The number of phenols is 1. The van der Waals surface area contributed by atoms with Gasteiger partial charge in [0.25, 0.3) is 0 Å². The van der Waals surface area contributed by atoms with Crippen LogP contribution in [0.25, 0.3) is 0 Å². The van der Waals surface area contributed by atoms with Gasteiger partial charge in [0.05, 0.1) is 26.9 Å². The SMILES string of the molecule is COc1cc([C@@H]2c3cc4c(cc3[C@@H](NC(=O)CCNCCCCNCCCN)[C@H]3COC(O)[C@H]23)OCO4)cc(OC)c1O. The molecule has 7 N–H and O–H groups in total. The zero-order valence-electron chi connectivity index (χ0n) is 24.9. The highest BCUT2D eigenvalue weighted by Crippen LogP contribution is 2.56. The van der Waals surface area contributed by atoms with Crippen molar-refractivity contribution in [2.24, 2.45) is 17.6 Å². The van der Waals surface area contributed by atoms with E-state index in [1.807, 2.05) is 12.1 Å². The molecule has 0 aromatic heterocycles. The Bertz CT molecular complexity index is 1240. The second kappa shape index (κ2) is 14.5. The lowest BCUT2D eigenvalue weighted by Crippen LogP contribution is -2.44. The molecule has 1 unspecified atom stereocenters. The van der Waals surface area contributed by atoms with E-state index in [0.29, 0.717) is 31.0 Å². The van der Waals surface area contributed by atoms with Crippen LogP contribution in [0.4, 0.5) is 0 Å². The fourth-order valence-corrected chi connectivity index (χ4v) is 6.43. The lowest BCUT2D eigenvalue weighted by molar-refractivity contribution is -0.122. The number of hydrogen-bond acceptors (Lipinski definition) is 11. The molecule has 12 nitrogen and oxygen atoms in total. The van der Waals surface area contributed by atoms with E-state index in [1.165, 1.54) is 14.2 Å². The Balaban J connectivity index is 1.34. The van der Waals surface area contributed by atoms with Crippen molar-refractivity contribution in [2.45, 2.75) is 43.9 Å². The average Bonchev–Trinajstić information content (AvgIpc) is 3.63. The minimum atomic E-state index is -1.06. The lowest BCUT2D eigenvalue weighted by atomic mass is 9.65. The standard InChI is InChI=1S/C31H44N4O8/c1-39-24-12-18(13-25(40-2)30(24)37)27-19-14-22-23(43-17-42-22)15-20(19)29(21-16-41-31(38)28(21)27)35-26(36)6-11-34-9-4-3-8-33-10-5-7-32/h12-15,21,27-29,31,33-34,37-38H,3-11,16-17,32H2,1-2H3,(H,35,36)/t21-,27+,28-,29+,31?/m0/s1. The second-order valence-corrected chi connectivity index (χ2v) is 11.2. The van der Waals surface area contributed by atoms with Gasteiger partial charge in [-0.1, -0.05) is 0 Å². The van der Waals surface area contributed by atoms with Crippen LogP contribution in [-0.4, -0.2) is 82.8 Å². The summed E-state index contributed by atoms with van der Waals surface area (Å²) in [4.78, 5) is 13.2. The summed E-state index contributed by atoms with van der Waals surface area (Å²) in [6.07, 6.45) is 2.32. The fraction of sp³-hybridized carbons (Fsp3) is 0.581. The van der Waals surface area contributed by atoms with Gasteiger partial charge in [-0.05, 0) is 86.4 Å². The van der Waals surface area contributed by atoms with Gasteiger partial charge >= 0.3 is 0 Å². The Morgan fingerprint density at radius 3 is 2.23 bits per heavy atom. The third-order valence-corrected chi connectivity index (χ3v) is 8.57. The summed E-state index contributed by atoms with van der Waals surface area (Å²) in [5.74, 6) is 0.544. The predicted octanol–water partition coefficient (Wildman–Crippen LogP) is 1.72. The zero-order valence-corrected chi connectivity index (χ0v) is 24.9. The maximum Gasteiger partial charge on any atom is 0.231 e. The first kappa shape index (κ1) is 31.1. The maximum absolute atomic E-state index is 13.2. The fourth-order valence-electron chi connectivity index (χ4n) is 6.43. The van der Waals surface area contributed by atoms with E-state index in [-0.39, 0.29) is 48.4 Å². The molecule has 2 aromatic carbocycles. The number of carbonyl (C=O) groups excluding carboxylic acids is 1. The molecule has 5 rings (SSSR count). The number of aliphatic hydroxyl groups excluding tert-OH is 1. The van der Waals surface area contributed by atoms with Crippen LogP contribution in [0.15, 0.2) is 24.3 Å². The summed E-state index contributed by atoms with van der Waals surface area (Å²) in [6.45, 7) is 4.39. The van der Waals surface area contributed by atoms with E-state index in [2.05, 4.69) is 16.0 Å². The maximum atomic E-state index is 13.2. The molecule has 0 spiro atoms. The van der Waals surface area contributed by atoms with Crippen molar-refractivity contribution in [3.63, 3.8) is 0 Å². The molecule has 12 heteroatoms. The molecule has 2 heterocycles. The molecule has 0 radical (unpaired) electrons. The number of phenolic OH excluding ortho intramolecular Hbond substituents is 1. The molecule has 236 valence electrons. The summed E-state index contributed by atoms with van der Waals surface area (Å²) in [6, 6.07) is 6.93. The molecule has 1 amide bonds. The summed E-state index contributed by atoms with van der Waals surface area (Å²) in [5, 5.41) is 31.7. The van der Waals surface area contributed by atoms with Crippen LogP contribution in [0.3, 0.4) is 0 Å². The molecule has 3 aliphatic rings. The van der Waals surface area contributed by atoms with Gasteiger partial charge in [-0.3, -0.25) is 4.79 Å². The summed E-state index contributed by atoms with van der Waals surface area (Å²) in [7, 11) is 2.95. The van der Waals surface area contributed by atoms with Gasteiger partial charge in [-0.15, -0.1) is 0 Å². The van der Waals surface area contributed by atoms with E-state index in [0.717, 1.165) is 55.6 Å². The van der Waals surface area contributed by atoms with Crippen molar-refractivity contribution in [1.29, 1.82) is 0 Å². The number of methoxy groups -OCH3 is 2. The number of aliphatic hydroxyl groups is 1. The van der Waals surface area contributed by atoms with Crippen LogP contribution < -0.4 is 40.6 Å². The average molecular weight is 601 g/mol. The first-order valence-electron chi connectivity index (χ1n) is 15.1. The van der Waals surface area contributed by atoms with Crippen molar-refractivity contribution < 1.29 is 38.7 Å². The third-order valence-electron chi connectivity index (χ3n) is 8.57. The Morgan fingerprint density at radius 2 is 1.58 bits per heavy atom. The number of benzene rings is 2. The van der Waals surface area contributed by atoms with Crippen molar-refractivity contribution in [2.75, 3.05) is 60.3 Å². The highest BCUT2D eigenvalue weighted by molar-refractivity contribution is 5.77. The van der Waals surface area contributed by atoms with E-state index in [9.17, 15) is 15.0 Å². The lowest BCUT2D eigenvalue weighted by Gasteiger charge is -2.41. The summed E-state index contributed by atoms with van der Waals surface area (Å²) >= 11 is 0. The van der Waals surface area contributed by atoms with Gasteiger partial charge in [0.15, 0.2) is 29.3 Å². The number of fused-ring (bicyclic) bond motifs is 3. The molecule has 1 saturated heterocycles. The Kier molecular flexibility index (Phi) is 10.5. The minimum absolute atomic E-state index is 0.0869. The van der Waals surface area contributed by atoms with Gasteiger partial charge in [0, 0.05) is 30.7 Å². The number of carbonyl (C=O) groups is 1. The van der Waals surface area contributed by atoms with E-state index in [1.54, 1.807) is 12.1 Å². The molecule has 2 aromatic rings. The number of ether oxygens (including phenoxy) is 5. The molecule has 43 heavy (non-hydrogen) atoms. The molecule has 1 aliphatic carbocycles. The van der Waals surface area contributed by atoms with Crippen molar-refractivity contribution in [3.05, 3.63) is 41.0 Å². The van der Waals surface area contributed by atoms with Crippen LogP contribution in [0.1, 0.15) is 54.3 Å². The first-order valence-corrected chi connectivity index (χ1v) is 15.1. The quantitative estimate of drug-likeness (QED) is 0.165. The molecule has 2 aliphatic heterocycles. The molecule has 1 fully saturated rings. The second-order valence-electron chi connectivity index (χ2n) is 11.2. The van der Waals surface area contributed by atoms with E-state index in [4.69, 9.17) is 29.4 Å². The largest absolute Gasteiger partial charge is 0.502 e. The number of rotatable bonds is 15. The number of aromatic hydroxyl groups is 1. The number of nitrogens with one attached hydrogen (secondary N) is 3. The van der Waals surface area contributed by atoms with Crippen molar-refractivity contribution in [1.82, 2.24) is 16.0 Å². The molecule has 0 bridgehead atoms. The highest BCUT2D eigenvalue weighted by atomic mass is 16.7. The summed E-state index contributed by atoms with van der Waals surface area (Å²) in [5.41, 5.74) is 8.03. The predicted molar refractivity (Wildman–Crippen MR) is 159 cm³/mol. The normalized spacial score (nSPS) is 23.5. The van der Waals surface area contributed by atoms with E-state index >= 15 is 0 Å². The zero-order chi connectivity index (χ0) is 30.3. The van der Waals surface area contributed by atoms with Gasteiger partial charge in [-0.2, -0.15) is 0 Å². The minimum Gasteiger partial charge on any atom is -0.502 e. The van der Waals surface area contributed by atoms with Gasteiger partial charge in [0.2, 0.25) is 18.4 Å². The number of nitrogens with two attached hydrogens (primary N) is 1. The molecular weight excluding hydrogens is 556 g/mol. The number of amides is 1. The van der Waals surface area contributed by atoms with Crippen LogP contribution in [0, 0.1) is 11.8 Å². The van der Waals surface area contributed by atoms with Crippen LogP contribution in [0.2, 0.25) is 0 Å². The number of unbranched alkanes of at least 4 members (excludes halogenated alkanes) is 1. The monoisotopic (exact) mass is 600 g/mol. The Hall–Kier alpha value is -3.29. The smallest absolute Gasteiger partial charge is 0.231 e. The van der Waals surface area contributed by atoms with Crippen molar-refractivity contribution in [3.8, 4) is 28.7 Å². The molecule has 0 saturated carbocycles. The topological polar surface area (TPSA) is 166 Å². The number of hydrogen-bond donors (Lipinski definition) is 6. The van der Waals surface area contributed by atoms with E-state index < -0.39 is 18.2 Å². The van der Waals surface area contributed by atoms with Gasteiger partial charge < -0.3 is 55.6 Å². The highest BCUT2D eigenvalue weighted by Gasteiger charge is 2.52. The Morgan fingerprint density at radius 1 is 0.953 bits per heavy atom.